The van der Waals surface area contributed by atoms with E-state index in [0.717, 1.165) is 7.48 Å². The van der Waals surface area contributed by atoms with Gasteiger partial charge in [-0.15, -0.1) is 0 Å². The van der Waals surface area contributed by atoms with Gasteiger partial charge >= 0.3 is 7.48 Å². The van der Waals surface area contributed by atoms with Crippen molar-refractivity contribution in [2.24, 2.45) is 0 Å². The van der Waals surface area contributed by atoms with Gasteiger partial charge in [0, 0.05) is 11.6 Å². The van der Waals surface area contributed by atoms with Crippen molar-refractivity contribution in [3.05, 3.63) is 23.8 Å². The fourth-order valence-electron chi connectivity index (χ4n) is 1.32. The third kappa shape index (κ3) is 3.00. The quantitative estimate of drug-likeness (QED) is 0.706. The summed E-state index contributed by atoms with van der Waals surface area (Å²) in [5.41, 5.74) is 0.980. The van der Waals surface area contributed by atoms with Crippen molar-refractivity contribution in [3.63, 3.8) is 0 Å². The molecule has 85 valence electrons. The van der Waals surface area contributed by atoms with Crippen LogP contribution >= 0.6 is 0 Å². The Morgan fingerprint density at radius 1 is 1.50 bits per heavy atom. The second-order valence-electron chi connectivity index (χ2n) is 3.71. The molecule has 0 saturated heterocycles. The predicted molar refractivity (Wildman–Crippen MR) is 63.2 cm³/mol. The van der Waals surface area contributed by atoms with Crippen molar-refractivity contribution in [1.82, 2.24) is 5.32 Å². The number of amides is 1. The molecule has 2 N–H and O–H groups in total. The van der Waals surface area contributed by atoms with Crippen LogP contribution in [0.1, 0.15) is 24.2 Å². The number of hydrogen-bond donors (Lipinski definition) is 2. The molecule has 1 amide bonds. The third-order valence-electron chi connectivity index (χ3n) is 2.05. The van der Waals surface area contributed by atoms with Gasteiger partial charge in [0.15, 0.2) is 0 Å². The van der Waals surface area contributed by atoms with Crippen LogP contribution in [0, 0.1) is 0 Å². The first-order valence-corrected chi connectivity index (χ1v) is 5.04. The molecule has 0 fully saturated rings. The highest BCUT2D eigenvalue weighted by Gasteiger charge is 2.10. The minimum Gasteiger partial charge on any atom is -0.497 e. The highest BCUT2D eigenvalue weighted by molar-refractivity contribution is 6.47. The molecule has 0 aliphatic carbocycles. The molecule has 0 bridgehead atoms. The van der Waals surface area contributed by atoms with E-state index in [4.69, 9.17) is 9.76 Å². The van der Waals surface area contributed by atoms with Gasteiger partial charge in [-0.1, -0.05) is 0 Å². The van der Waals surface area contributed by atoms with Crippen molar-refractivity contribution in [2.45, 2.75) is 19.9 Å². The van der Waals surface area contributed by atoms with Crippen LogP contribution in [0.15, 0.2) is 18.2 Å². The molecule has 4 nitrogen and oxygen atoms in total. The highest BCUT2D eigenvalue weighted by atomic mass is 16.5. The van der Waals surface area contributed by atoms with E-state index in [9.17, 15) is 4.79 Å². The van der Waals surface area contributed by atoms with Crippen molar-refractivity contribution in [1.29, 1.82) is 0 Å². The van der Waals surface area contributed by atoms with Crippen LogP contribution in [0.3, 0.4) is 0 Å². The van der Waals surface area contributed by atoms with Gasteiger partial charge in [-0.2, -0.15) is 0 Å². The van der Waals surface area contributed by atoms with E-state index in [-0.39, 0.29) is 11.9 Å². The summed E-state index contributed by atoms with van der Waals surface area (Å²) in [6, 6.07) is 4.97. The molecular formula is C11H15BNO3. The van der Waals surface area contributed by atoms with E-state index in [0.29, 0.717) is 16.8 Å². The van der Waals surface area contributed by atoms with E-state index in [1.54, 1.807) is 18.2 Å². The van der Waals surface area contributed by atoms with E-state index >= 15 is 0 Å². The van der Waals surface area contributed by atoms with Gasteiger partial charge in [0.2, 0.25) is 0 Å². The molecule has 0 aliphatic rings. The lowest BCUT2D eigenvalue weighted by molar-refractivity contribution is 0.0943. The Hall–Kier alpha value is -1.49. The van der Waals surface area contributed by atoms with Crippen LogP contribution in [0.25, 0.3) is 0 Å². The summed E-state index contributed by atoms with van der Waals surface area (Å²) in [6.45, 7) is 3.78. The normalized spacial score (nSPS) is 10.1. The first-order chi connectivity index (χ1) is 7.58. The van der Waals surface area contributed by atoms with Crippen LogP contribution in [0.5, 0.6) is 5.75 Å². The molecule has 1 radical (unpaired) electrons. The first kappa shape index (κ1) is 12.6. The second kappa shape index (κ2) is 5.56. The van der Waals surface area contributed by atoms with E-state index in [2.05, 4.69) is 5.32 Å². The molecule has 16 heavy (non-hydrogen) atoms. The van der Waals surface area contributed by atoms with Crippen molar-refractivity contribution < 1.29 is 14.6 Å². The molecule has 1 rings (SSSR count). The smallest absolute Gasteiger partial charge is 0.330 e. The monoisotopic (exact) mass is 220 g/mol. The standard InChI is InChI=1S/C11H15BNO3/c1-7(2)13-11(14)8-4-5-10(16-3)9(6-8)12-15/h4-7,15H,1-3H3,(H,13,14). The molecule has 0 aromatic heterocycles. The summed E-state index contributed by atoms with van der Waals surface area (Å²) < 4.78 is 5.03. The summed E-state index contributed by atoms with van der Waals surface area (Å²) in [5, 5.41) is 11.8. The zero-order valence-electron chi connectivity index (χ0n) is 9.65. The third-order valence-corrected chi connectivity index (χ3v) is 2.05. The highest BCUT2D eigenvalue weighted by Crippen LogP contribution is 2.08. The number of benzene rings is 1. The molecule has 0 saturated carbocycles. The van der Waals surface area contributed by atoms with E-state index in [1.807, 2.05) is 13.8 Å². The van der Waals surface area contributed by atoms with Crippen molar-refractivity contribution >= 4 is 18.9 Å². The minimum atomic E-state index is -0.166. The number of ether oxygens (including phenoxy) is 1. The van der Waals surface area contributed by atoms with Gasteiger partial charge < -0.3 is 15.1 Å². The van der Waals surface area contributed by atoms with Gasteiger partial charge in [-0.25, -0.2) is 0 Å². The lowest BCUT2D eigenvalue weighted by Gasteiger charge is -2.10. The maximum absolute atomic E-state index is 11.7. The van der Waals surface area contributed by atoms with E-state index in [1.165, 1.54) is 7.11 Å². The molecule has 0 aliphatic heterocycles. The fourth-order valence-corrected chi connectivity index (χ4v) is 1.32. The summed E-state index contributed by atoms with van der Waals surface area (Å²) in [6.07, 6.45) is 0. The van der Waals surface area contributed by atoms with Crippen molar-refractivity contribution in [3.8, 4) is 5.75 Å². The number of hydrogen-bond acceptors (Lipinski definition) is 3. The summed E-state index contributed by atoms with van der Waals surface area (Å²) in [7, 11) is 2.43. The van der Waals surface area contributed by atoms with Crippen LogP contribution in [0.4, 0.5) is 0 Å². The number of nitrogens with one attached hydrogen (secondary N) is 1. The molecule has 0 atom stereocenters. The number of carbonyl (C=O) groups excluding carboxylic acids is 1. The maximum atomic E-state index is 11.7. The minimum absolute atomic E-state index is 0.0798. The molecule has 0 heterocycles. The van der Waals surface area contributed by atoms with Gasteiger partial charge in [0.1, 0.15) is 5.75 Å². The Kier molecular flexibility index (Phi) is 4.37. The van der Waals surface area contributed by atoms with Crippen molar-refractivity contribution in [2.75, 3.05) is 7.11 Å². The fraction of sp³-hybridized carbons (Fsp3) is 0.364. The largest absolute Gasteiger partial charge is 0.497 e. The summed E-state index contributed by atoms with van der Waals surface area (Å²) in [4.78, 5) is 11.7. The zero-order valence-corrected chi connectivity index (χ0v) is 9.65. The van der Waals surface area contributed by atoms with Crippen LogP contribution in [0.2, 0.25) is 0 Å². The van der Waals surface area contributed by atoms with Crippen LogP contribution in [-0.2, 0) is 0 Å². The molecule has 0 spiro atoms. The number of carbonyl (C=O) groups is 1. The average molecular weight is 220 g/mol. The Morgan fingerprint density at radius 3 is 2.69 bits per heavy atom. The lowest BCUT2D eigenvalue weighted by Crippen LogP contribution is -2.31. The predicted octanol–water partition coefficient (Wildman–Crippen LogP) is 0.0702. The molecular weight excluding hydrogens is 205 g/mol. The average Bonchev–Trinajstić information content (AvgIpc) is 2.27. The SMILES string of the molecule is COc1ccc(C(=O)NC(C)C)cc1[B]O. The zero-order chi connectivity index (χ0) is 12.1. The first-order valence-electron chi connectivity index (χ1n) is 5.04. The number of rotatable bonds is 4. The van der Waals surface area contributed by atoms with Gasteiger partial charge in [-0.05, 0) is 37.5 Å². The topological polar surface area (TPSA) is 58.6 Å². The van der Waals surface area contributed by atoms with Gasteiger partial charge in [0.05, 0.1) is 7.11 Å². The maximum Gasteiger partial charge on any atom is 0.330 e. The van der Waals surface area contributed by atoms with Gasteiger partial charge in [0.25, 0.3) is 5.91 Å². The number of methoxy groups -OCH3 is 1. The van der Waals surface area contributed by atoms with Crippen LogP contribution < -0.4 is 15.5 Å². The summed E-state index contributed by atoms with van der Waals surface area (Å²) in [5.74, 6) is 0.365. The van der Waals surface area contributed by atoms with Crippen LogP contribution in [-0.4, -0.2) is 31.6 Å². The van der Waals surface area contributed by atoms with Gasteiger partial charge in [-0.3, -0.25) is 4.79 Å². The molecule has 0 unspecified atom stereocenters. The molecule has 1 aromatic rings. The molecule has 5 heteroatoms. The summed E-state index contributed by atoms with van der Waals surface area (Å²) >= 11 is 0. The lowest BCUT2D eigenvalue weighted by atomic mass is 9.86. The Bertz CT molecular complexity index is 379. The second-order valence-corrected chi connectivity index (χ2v) is 3.71. The Morgan fingerprint density at radius 2 is 2.19 bits per heavy atom. The Labute approximate surface area is 95.9 Å². The molecule has 1 aromatic carbocycles. The Balaban J connectivity index is 2.94. The van der Waals surface area contributed by atoms with E-state index < -0.39 is 0 Å².